The first-order valence-corrected chi connectivity index (χ1v) is 7.04. The Morgan fingerprint density at radius 3 is 2.47 bits per heavy atom. The zero-order valence-electron chi connectivity index (χ0n) is 10.9. The number of anilines is 2. The Balaban J connectivity index is 2.40. The molecule has 2 heterocycles. The molecule has 19 heavy (non-hydrogen) atoms. The highest BCUT2D eigenvalue weighted by Gasteiger charge is 2.24. The third kappa shape index (κ3) is 2.53. The molecule has 0 saturated carbocycles. The average molecular weight is 281 g/mol. The maximum absolute atomic E-state index is 12.3. The van der Waals surface area contributed by atoms with Crippen LogP contribution in [-0.2, 0) is 17.1 Å². The summed E-state index contributed by atoms with van der Waals surface area (Å²) in [6.45, 7) is 3.47. The maximum atomic E-state index is 12.3. The van der Waals surface area contributed by atoms with Crippen molar-refractivity contribution in [2.24, 2.45) is 7.05 Å². The fourth-order valence-corrected chi connectivity index (χ4v) is 3.05. The van der Waals surface area contributed by atoms with E-state index in [4.69, 9.17) is 5.73 Å². The molecule has 2 rings (SSSR count). The van der Waals surface area contributed by atoms with Crippen LogP contribution in [0.5, 0.6) is 0 Å². The van der Waals surface area contributed by atoms with Gasteiger partial charge in [0.15, 0.2) is 10.7 Å². The minimum absolute atomic E-state index is 0.00410. The topological polar surface area (TPSA) is 103 Å². The van der Waals surface area contributed by atoms with Gasteiger partial charge in [0.1, 0.15) is 0 Å². The normalized spacial score (nSPS) is 11.5. The molecule has 0 unspecified atom stereocenters. The van der Waals surface area contributed by atoms with Crippen molar-refractivity contribution in [1.82, 2.24) is 14.8 Å². The summed E-state index contributed by atoms with van der Waals surface area (Å²) < 4.78 is 28.4. The van der Waals surface area contributed by atoms with Gasteiger partial charge in [-0.2, -0.15) is 5.10 Å². The van der Waals surface area contributed by atoms with Gasteiger partial charge in [0.05, 0.1) is 17.6 Å². The number of nitrogens with two attached hydrogens (primary N) is 1. The number of aromatic nitrogens is 3. The molecule has 0 radical (unpaired) electrons. The van der Waals surface area contributed by atoms with Gasteiger partial charge in [0.2, 0.25) is 0 Å². The molecule has 8 heteroatoms. The van der Waals surface area contributed by atoms with Crippen LogP contribution < -0.4 is 10.5 Å². The quantitative estimate of drug-likeness (QED) is 0.866. The molecule has 0 fully saturated rings. The highest BCUT2D eigenvalue weighted by molar-refractivity contribution is 7.93. The Labute approximate surface area is 111 Å². The predicted molar refractivity (Wildman–Crippen MR) is 72.1 cm³/mol. The Morgan fingerprint density at radius 1 is 1.32 bits per heavy atom. The molecule has 0 atom stereocenters. The van der Waals surface area contributed by atoms with Crippen LogP contribution in [0.15, 0.2) is 23.2 Å². The number of rotatable bonds is 3. The third-order valence-electron chi connectivity index (χ3n) is 2.74. The molecule has 7 nitrogen and oxygen atoms in total. The lowest BCUT2D eigenvalue weighted by Gasteiger charge is -2.08. The molecule has 3 N–H and O–H groups in total. The van der Waals surface area contributed by atoms with E-state index in [1.165, 1.54) is 10.9 Å². The number of sulfonamides is 1. The Bertz CT molecular complexity index is 703. The second kappa shape index (κ2) is 4.54. The summed E-state index contributed by atoms with van der Waals surface area (Å²) in [7, 11) is -2.13. The van der Waals surface area contributed by atoms with Crippen LogP contribution >= 0.6 is 0 Å². The Morgan fingerprint density at radius 2 is 2.00 bits per heavy atom. The van der Waals surface area contributed by atoms with Crippen molar-refractivity contribution in [3.63, 3.8) is 0 Å². The molecule has 0 saturated heterocycles. The lowest BCUT2D eigenvalue weighted by Crippen LogP contribution is -2.15. The summed E-state index contributed by atoms with van der Waals surface area (Å²) in [6.07, 6.45) is 1.45. The maximum Gasteiger partial charge on any atom is 0.267 e. The van der Waals surface area contributed by atoms with Gasteiger partial charge in [0.25, 0.3) is 10.0 Å². The standard InChI is InChI=1S/C11H15N5O2S/c1-7-4-5-9(6-13-7)15-19(17,18)10-8(2)16(3)14-11(10)12/h4-6,15H,1-3H3,(H2,12,14). The summed E-state index contributed by atoms with van der Waals surface area (Å²) in [5.41, 5.74) is 7.30. The monoisotopic (exact) mass is 281 g/mol. The zero-order chi connectivity index (χ0) is 14.2. The number of nitrogens with one attached hydrogen (secondary N) is 1. The van der Waals surface area contributed by atoms with Crippen molar-refractivity contribution < 1.29 is 8.42 Å². The van der Waals surface area contributed by atoms with Crippen molar-refractivity contribution in [3.8, 4) is 0 Å². The lowest BCUT2D eigenvalue weighted by atomic mass is 10.4. The van der Waals surface area contributed by atoms with Crippen LogP contribution in [0.2, 0.25) is 0 Å². The molecule has 2 aromatic heterocycles. The van der Waals surface area contributed by atoms with Gasteiger partial charge in [-0.05, 0) is 26.0 Å². The molecular formula is C11H15N5O2S. The second-order valence-corrected chi connectivity index (χ2v) is 5.84. The summed E-state index contributed by atoms with van der Waals surface area (Å²) in [5, 5.41) is 3.89. The van der Waals surface area contributed by atoms with E-state index in [0.717, 1.165) is 5.69 Å². The van der Waals surface area contributed by atoms with Crippen LogP contribution in [0, 0.1) is 13.8 Å². The van der Waals surface area contributed by atoms with Crippen LogP contribution in [0.25, 0.3) is 0 Å². The number of hydrogen-bond acceptors (Lipinski definition) is 5. The van der Waals surface area contributed by atoms with E-state index in [1.807, 2.05) is 6.92 Å². The van der Waals surface area contributed by atoms with Crippen LogP contribution in [0.3, 0.4) is 0 Å². The smallest absolute Gasteiger partial charge is 0.267 e. The fourth-order valence-electron chi connectivity index (χ4n) is 1.68. The molecule has 0 aliphatic carbocycles. The first-order valence-electron chi connectivity index (χ1n) is 5.56. The van der Waals surface area contributed by atoms with Crippen molar-refractivity contribution in [1.29, 1.82) is 0 Å². The number of pyridine rings is 1. The van der Waals surface area contributed by atoms with Gasteiger partial charge in [-0.15, -0.1) is 0 Å². The number of nitrogen functional groups attached to an aromatic ring is 1. The largest absolute Gasteiger partial charge is 0.381 e. The van der Waals surface area contributed by atoms with Gasteiger partial charge < -0.3 is 5.73 Å². The van der Waals surface area contributed by atoms with Crippen molar-refractivity contribution >= 4 is 21.5 Å². The summed E-state index contributed by atoms with van der Waals surface area (Å²) >= 11 is 0. The Kier molecular flexibility index (Phi) is 3.19. The molecule has 0 aromatic carbocycles. The fraction of sp³-hybridized carbons (Fsp3) is 0.273. The van der Waals surface area contributed by atoms with Gasteiger partial charge in [-0.3, -0.25) is 14.4 Å². The highest BCUT2D eigenvalue weighted by atomic mass is 32.2. The van der Waals surface area contributed by atoms with Gasteiger partial charge in [0, 0.05) is 12.7 Å². The number of hydrogen-bond donors (Lipinski definition) is 2. The summed E-state index contributed by atoms with van der Waals surface area (Å²) in [4.78, 5) is 4.02. The summed E-state index contributed by atoms with van der Waals surface area (Å²) in [6, 6.07) is 3.36. The van der Waals surface area contributed by atoms with E-state index in [9.17, 15) is 8.42 Å². The Hall–Kier alpha value is -2.09. The molecule has 0 aliphatic rings. The number of nitrogens with zero attached hydrogens (tertiary/aromatic N) is 3. The number of aryl methyl sites for hydroxylation is 2. The van der Waals surface area contributed by atoms with E-state index in [-0.39, 0.29) is 10.7 Å². The zero-order valence-corrected chi connectivity index (χ0v) is 11.7. The van der Waals surface area contributed by atoms with Crippen LogP contribution in [-0.4, -0.2) is 23.2 Å². The second-order valence-electron chi connectivity index (χ2n) is 4.22. The van der Waals surface area contributed by atoms with Gasteiger partial charge in [-0.25, -0.2) is 8.42 Å². The van der Waals surface area contributed by atoms with E-state index in [1.54, 1.807) is 26.1 Å². The first-order chi connectivity index (χ1) is 8.81. The first kappa shape index (κ1) is 13.3. The molecule has 0 spiro atoms. The molecular weight excluding hydrogens is 266 g/mol. The SMILES string of the molecule is Cc1ccc(NS(=O)(=O)c2c(N)nn(C)c2C)cn1. The van der Waals surface area contributed by atoms with Crippen LogP contribution in [0.1, 0.15) is 11.4 Å². The van der Waals surface area contributed by atoms with Crippen molar-refractivity contribution in [3.05, 3.63) is 29.7 Å². The molecule has 0 amide bonds. The minimum Gasteiger partial charge on any atom is -0.381 e. The van der Waals surface area contributed by atoms with Gasteiger partial charge >= 0.3 is 0 Å². The molecule has 2 aromatic rings. The van der Waals surface area contributed by atoms with E-state index >= 15 is 0 Å². The third-order valence-corrected chi connectivity index (χ3v) is 4.28. The van der Waals surface area contributed by atoms with Crippen LogP contribution in [0.4, 0.5) is 11.5 Å². The lowest BCUT2D eigenvalue weighted by molar-refractivity contribution is 0.600. The molecule has 102 valence electrons. The van der Waals surface area contributed by atoms with E-state index < -0.39 is 10.0 Å². The minimum atomic E-state index is -3.77. The van der Waals surface area contributed by atoms with Crippen molar-refractivity contribution in [2.75, 3.05) is 10.5 Å². The van der Waals surface area contributed by atoms with Crippen molar-refractivity contribution in [2.45, 2.75) is 18.7 Å². The van der Waals surface area contributed by atoms with E-state index in [0.29, 0.717) is 11.4 Å². The molecule has 0 aliphatic heterocycles. The van der Waals surface area contributed by atoms with E-state index in [2.05, 4.69) is 14.8 Å². The highest BCUT2D eigenvalue weighted by Crippen LogP contribution is 2.23. The summed E-state index contributed by atoms with van der Waals surface area (Å²) in [5.74, 6) is -0.0208. The van der Waals surface area contributed by atoms with Gasteiger partial charge in [-0.1, -0.05) is 0 Å². The predicted octanol–water partition coefficient (Wildman–Crippen LogP) is 0.815. The average Bonchev–Trinajstić information content (AvgIpc) is 2.56. The molecule has 0 bridgehead atoms.